The molecular weight excluding hydrogens is 462 g/mol. The Balaban J connectivity index is 1.39. The second-order valence-corrected chi connectivity index (χ2v) is 11.7. The summed E-state index contributed by atoms with van der Waals surface area (Å²) in [5.41, 5.74) is 2.62. The number of hydrogen-bond donors (Lipinski definition) is 1. The van der Waals surface area contributed by atoms with Crippen LogP contribution < -0.4 is 5.32 Å². The summed E-state index contributed by atoms with van der Waals surface area (Å²) in [5.74, 6) is -0.288. The molecule has 0 aromatic heterocycles. The number of nitrogens with zero attached hydrogens (tertiary/aromatic N) is 2. The zero-order chi connectivity index (χ0) is 24.8. The summed E-state index contributed by atoms with van der Waals surface area (Å²) in [6.07, 6.45) is 4.80. The number of hydrogen-bond acceptors (Lipinski definition) is 5. The van der Waals surface area contributed by atoms with E-state index in [1.165, 1.54) is 41.6 Å². The number of morpholine rings is 1. The van der Waals surface area contributed by atoms with Crippen LogP contribution in [0.5, 0.6) is 0 Å². The van der Waals surface area contributed by atoms with E-state index < -0.39 is 10.0 Å². The molecule has 2 heterocycles. The summed E-state index contributed by atoms with van der Waals surface area (Å²) >= 11 is 0. The summed E-state index contributed by atoms with van der Waals surface area (Å²) in [7, 11) is -3.70. The summed E-state index contributed by atoms with van der Waals surface area (Å²) < 4.78 is 33.5. The Bertz CT molecular complexity index is 1100. The third-order valence-electron chi connectivity index (χ3n) is 6.67. The van der Waals surface area contributed by atoms with Gasteiger partial charge in [0.2, 0.25) is 10.0 Å². The van der Waals surface area contributed by atoms with Crippen molar-refractivity contribution < 1.29 is 17.9 Å². The van der Waals surface area contributed by atoms with Gasteiger partial charge in [-0.25, -0.2) is 8.42 Å². The zero-order valence-electron chi connectivity index (χ0n) is 20.8. The van der Waals surface area contributed by atoms with Crippen molar-refractivity contribution in [3.8, 4) is 0 Å². The lowest BCUT2D eigenvalue weighted by molar-refractivity contribution is -0.0440. The molecule has 0 aliphatic carbocycles. The van der Waals surface area contributed by atoms with Crippen LogP contribution in [-0.4, -0.2) is 61.9 Å². The predicted octanol–water partition coefficient (Wildman–Crippen LogP) is 3.79. The van der Waals surface area contributed by atoms with E-state index in [0.717, 1.165) is 25.2 Å². The molecule has 2 aromatic rings. The Hall–Kier alpha value is -2.26. The van der Waals surface area contributed by atoms with Crippen molar-refractivity contribution in [2.45, 2.75) is 69.7 Å². The zero-order valence-corrected chi connectivity index (χ0v) is 21.6. The molecule has 4 rings (SSSR count). The monoisotopic (exact) mass is 499 g/mol. The lowest BCUT2D eigenvalue weighted by atomic mass is 10.1. The fourth-order valence-electron chi connectivity index (χ4n) is 4.95. The van der Waals surface area contributed by atoms with Gasteiger partial charge in [0.25, 0.3) is 5.91 Å². The first kappa shape index (κ1) is 25.8. The van der Waals surface area contributed by atoms with Crippen molar-refractivity contribution in [2.24, 2.45) is 0 Å². The second-order valence-electron chi connectivity index (χ2n) is 9.80. The largest absolute Gasteiger partial charge is 0.373 e. The number of rotatable bonds is 7. The smallest absolute Gasteiger partial charge is 0.251 e. The second kappa shape index (κ2) is 11.6. The van der Waals surface area contributed by atoms with Gasteiger partial charge in [-0.1, -0.05) is 43.2 Å². The van der Waals surface area contributed by atoms with E-state index in [1.54, 1.807) is 18.2 Å². The maximum atomic E-state index is 13.2. The summed E-state index contributed by atoms with van der Waals surface area (Å²) in [6.45, 7) is 7.94. The van der Waals surface area contributed by atoms with Crippen molar-refractivity contribution >= 4 is 15.9 Å². The lowest BCUT2D eigenvalue weighted by Gasteiger charge is -2.34. The molecule has 2 aliphatic heterocycles. The minimum absolute atomic E-state index is 0.130. The molecule has 2 atom stereocenters. The van der Waals surface area contributed by atoms with Crippen molar-refractivity contribution in [1.82, 2.24) is 14.5 Å². The summed E-state index contributed by atoms with van der Waals surface area (Å²) in [5, 5.41) is 2.95. The minimum Gasteiger partial charge on any atom is -0.373 e. The van der Waals surface area contributed by atoms with Crippen LogP contribution in [0.25, 0.3) is 0 Å². The molecule has 190 valence electrons. The Labute approximate surface area is 209 Å². The fourth-order valence-corrected chi connectivity index (χ4v) is 6.59. The Morgan fingerprint density at radius 2 is 1.60 bits per heavy atom. The lowest BCUT2D eigenvalue weighted by Crippen LogP contribution is -2.48. The molecule has 7 nitrogen and oxygen atoms in total. The van der Waals surface area contributed by atoms with Crippen LogP contribution in [0, 0.1) is 0 Å². The standard InChI is InChI=1S/C27H37N3O4S/c1-21-18-30(19-22(2)34-21)35(32,33)26-12-8-11-25(16-26)27(31)28-17-23-9-7-10-24(15-23)20-29-13-5-3-4-6-14-29/h7-12,15-16,21-22H,3-6,13-14,17-20H2,1-2H3,(H,28,31). The highest BCUT2D eigenvalue weighted by Crippen LogP contribution is 2.22. The fraction of sp³-hybridized carbons (Fsp3) is 0.519. The highest BCUT2D eigenvalue weighted by Gasteiger charge is 2.32. The van der Waals surface area contributed by atoms with Crippen LogP contribution >= 0.6 is 0 Å². The molecule has 2 aliphatic rings. The molecule has 1 amide bonds. The van der Waals surface area contributed by atoms with E-state index in [2.05, 4.69) is 22.3 Å². The van der Waals surface area contributed by atoms with E-state index in [4.69, 9.17) is 4.74 Å². The van der Waals surface area contributed by atoms with Gasteiger partial charge in [-0.2, -0.15) is 4.31 Å². The molecule has 2 fully saturated rings. The average molecular weight is 500 g/mol. The summed E-state index contributed by atoms with van der Waals surface area (Å²) in [6, 6.07) is 14.6. The van der Waals surface area contributed by atoms with Crippen LogP contribution in [0.15, 0.2) is 53.4 Å². The molecule has 0 saturated carbocycles. The normalized spacial score (nSPS) is 22.5. The third kappa shape index (κ3) is 6.91. The van der Waals surface area contributed by atoms with Crippen LogP contribution in [0.1, 0.15) is 61.0 Å². The molecule has 35 heavy (non-hydrogen) atoms. The number of nitrogens with one attached hydrogen (secondary N) is 1. The van der Waals surface area contributed by atoms with Gasteiger partial charge in [-0.3, -0.25) is 9.69 Å². The van der Waals surface area contributed by atoms with E-state index in [0.29, 0.717) is 25.2 Å². The van der Waals surface area contributed by atoms with Gasteiger partial charge in [-0.05, 0) is 69.1 Å². The summed E-state index contributed by atoms with van der Waals surface area (Å²) in [4.78, 5) is 15.5. The first-order chi connectivity index (χ1) is 16.8. The highest BCUT2D eigenvalue weighted by molar-refractivity contribution is 7.89. The minimum atomic E-state index is -3.70. The number of likely N-dealkylation sites (tertiary alicyclic amines) is 1. The SMILES string of the molecule is CC1CN(S(=O)(=O)c2cccc(C(=O)NCc3cccc(CN4CCCCCC4)c3)c2)CC(C)O1. The molecule has 2 aromatic carbocycles. The van der Waals surface area contributed by atoms with Crippen molar-refractivity contribution in [2.75, 3.05) is 26.2 Å². The van der Waals surface area contributed by atoms with Gasteiger partial charge in [0.1, 0.15) is 0 Å². The Morgan fingerprint density at radius 3 is 2.31 bits per heavy atom. The van der Waals surface area contributed by atoms with Crippen LogP contribution in [-0.2, 0) is 27.8 Å². The Morgan fingerprint density at radius 1 is 0.943 bits per heavy atom. The van der Waals surface area contributed by atoms with Crippen LogP contribution in [0.3, 0.4) is 0 Å². The molecular formula is C27H37N3O4S. The number of carbonyl (C=O) groups is 1. The number of amides is 1. The van der Waals surface area contributed by atoms with Gasteiger partial charge in [0.05, 0.1) is 17.1 Å². The number of carbonyl (C=O) groups excluding carboxylic acids is 1. The molecule has 8 heteroatoms. The highest BCUT2D eigenvalue weighted by atomic mass is 32.2. The van der Waals surface area contributed by atoms with Crippen LogP contribution in [0.4, 0.5) is 0 Å². The molecule has 0 bridgehead atoms. The molecule has 0 spiro atoms. The van der Waals surface area contributed by atoms with Gasteiger partial charge in [-0.15, -0.1) is 0 Å². The van der Waals surface area contributed by atoms with E-state index in [1.807, 2.05) is 26.0 Å². The quantitative estimate of drug-likeness (QED) is 0.627. The predicted molar refractivity (Wildman–Crippen MR) is 137 cm³/mol. The third-order valence-corrected chi connectivity index (χ3v) is 8.50. The first-order valence-electron chi connectivity index (χ1n) is 12.7. The van der Waals surface area contributed by atoms with Crippen LogP contribution in [0.2, 0.25) is 0 Å². The van der Waals surface area contributed by atoms with Gasteiger partial charge in [0, 0.05) is 31.7 Å². The van der Waals surface area contributed by atoms with Crippen molar-refractivity contribution in [3.05, 3.63) is 65.2 Å². The first-order valence-corrected chi connectivity index (χ1v) is 14.1. The van der Waals surface area contributed by atoms with E-state index in [9.17, 15) is 13.2 Å². The molecule has 1 N–H and O–H groups in total. The maximum absolute atomic E-state index is 13.2. The Kier molecular flexibility index (Phi) is 8.59. The molecule has 0 radical (unpaired) electrons. The molecule has 2 saturated heterocycles. The topological polar surface area (TPSA) is 79.0 Å². The number of ether oxygens (including phenoxy) is 1. The van der Waals surface area contributed by atoms with E-state index >= 15 is 0 Å². The average Bonchev–Trinajstić information content (AvgIpc) is 3.11. The molecule has 2 unspecified atom stereocenters. The maximum Gasteiger partial charge on any atom is 0.251 e. The number of benzene rings is 2. The van der Waals surface area contributed by atoms with Crippen molar-refractivity contribution in [3.63, 3.8) is 0 Å². The van der Waals surface area contributed by atoms with Gasteiger partial charge < -0.3 is 10.1 Å². The van der Waals surface area contributed by atoms with Gasteiger partial charge >= 0.3 is 0 Å². The van der Waals surface area contributed by atoms with E-state index in [-0.39, 0.29) is 23.0 Å². The van der Waals surface area contributed by atoms with Gasteiger partial charge in [0.15, 0.2) is 0 Å². The number of sulfonamides is 1. The van der Waals surface area contributed by atoms with Crippen molar-refractivity contribution in [1.29, 1.82) is 0 Å².